The molecule has 0 spiro atoms. The van der Waals surface area contributed by atoms with Crippen LogP contribution in [0.15, 0.2) is 12.4 Å². The molecule has 4 heteroatoms. The molecule has 2 rings (SSSR count). The smallest absolute Gasteiger partial charge is 0.123 e. The van der Waals surface area contributed by atoms with E-state index in [4.69, 9.17) is 0 Å². The highest BCUT2D eigenvalue weighted by Crippen LogP contribution is 2.17. The number of likely N-dealkylation sites (tertiary alicyclic amines) is 1. The zero-order valence-corrected chi connectivity index (χ0v) is 11.7. The van der Waals surface area contributed by atoms with Gasteiger partial charge in [0.05, 0.1) is 6.04 Å². The Hall–Kier alpha value is -0.870. The van der Waals surface area contributed by atoms with Gasteiger partial charge >= 0.3 is 0 Å². The fourth-order valence-electron chi connectivity index (χ4n) is 2.78. The van der Waals surface area contributed by atoms with Crippen molar-refractivity contribution in [1.82, 2.24) is 20.2 Å². The maximum atomic E-state index is 4.38. The number of nitrogens with one attached hydrogen (secondary N) is 2. The normalized spacial score (nSPS) is 23.8. The molecule has 2 N–H and O–H groups in total. The standard InChI is InChI=1S/C14H26N4/c1-3-13(14-15-8-9-16-14)17-12-6-5-10-18(4-2)11-7-12/h8-9,12-13,17H,3-7,10-11H2,1-2H3,(H,15,16). The van der Waals surface area contributed by atoms with Crippen LogP contribution in [0.3, 0.4) is 0 Å². The number of nitrogens with zero attached hydrogens (tertiary/aromatic N) is 2. The maximum Gasteiger partial charge on any atom is 0.123 e. The van der Waals surface area contributed by atoms with Gasteiger partial charge in [-0.1, -0.05) is 13.8 Å². The number of H-pyrrole nitrogens is 1. The maximum absolute atomic E-state index is 4.38. The molecule has 0 aromatic carbocycles. The number of imidazole rings is 1. The van der Waals surface area contributed by atoms with Gasteiger partial charge < -0.3 is 15.2 Å². The fourth-order valence-corrected chi connectivity index (χ4v) is 2.78. The molecule has 1 saturated heterocycles. The highest BCUT2D eigenvalue weighted by Gasteiger charge is 2.20. The van der Waals surface area contributed by atoms with E-state index in [1.807, 2.05) is 12.4 Å². The van der Waals surface area contributed by atoms with Crippen molar-refractivity contribution in [1.29, 1.82) is 0 Å². The molecule has 0 saturated carbocycles. The van der Waals surface area contributed by atoms with Crippen LogP contribution in [0.4, 0.5) is 0 Å². The van der Waals surface area contributed by atoms with E-state index in [1.54, 1.807) is 0 Å². The Morgan fingerprint density at radius 1 is 1.44 bits per heavy atom. The first-order valence-electron chi connectivity index (χ1n) is 7.31. The fraction of sp³-hybridized carbons (Fsp3) is 0.786. The predicted molar refractivity (Wildman–Crippen MR) is 74.5 cm³/mol. The number of aromatic amines is 1. The van der Waals surface area contributed by atoms with E-state index in [0.717, 1.165) is 12.2 Å². The second kappa shape index (κ2) is 6.90. The molecular weight excluding hydrogens is 224 g/mol. The van der Waals surface area contributed by atoms with E-state index in [0.29, 0.717) is 12.1 Å². The summed E-state index contributed by atoms with van der Waals surface area (Å²) < 4.78 is 0. The molecule has 1 aromatic heterocycles. The van der Waals surface area contributed by atoms with Crippen molar-refractivity contribution >= 4 is 0 Å². The predicted octanol–water partition coefficient (Wildman–Crippen LogP) is 2.32. The summed E-state index contributed by atoms with van der Waals surface area (Å²) in [4.78, 5) is 10.2. The van der Waals surface area contributed by atoms with Crippen LogP contribution in [0.25, 0.3) is 0 Å². The largest absolute Gasteiger partial charge is 0.347 e. The van der Waals surface area contributed by atoms with Gasteiger partial charge in [0.15, 0.2) is 0 Å². The van der Waals surface area contributed by atoms with Gasteiger partial charge in [0.1, 0.15) is 5.82 Å². The lowest BCUT2D eigenvalue weighted by atomic mass is 10.1. The van der Waals surface area contributed by atoms with Gasteiger partial charge in [-0.15, -0.1) is 0 Å². The Morgan fingerprint density at radius 3 is 3.00 bits per heavy atom. The van der Waals surface area contributed by atoms with Crippen LogP contribution in [0, 0.1) is 0 Å². The highest BCUT2D eigenvalue weighted by molar-refractivity contribution is 4.96. The second-order valence-corrected chi connectivity index (χ2v) is 5.16. The molecule has 2 atom stereocenters. The Bertz CT molecular complexity index is 323. The molecule has 0 radical (unpaired) electrons. The average Bonchev–Trinajstić information content (AvgIpc) is 2.83. The number of aromatic nitrogens is 2. The van der Waals surface area contributed by atoms with Crippen molar-refractivity contribution in [3.63, 3.8) is 0 Å². The van der Waals surface area contributed by atoms with Crippen LogP contribution in [0.5, 0.6) is 0 Å². The molecule has 1 aromatic rings. The van der Waals surface area contributed by atoms with Crippen LogP contribution >= 0.6 is 0 Å². The molecule has 1 aliphatic rings. The Labute approximate surface area is 110 Å². The molecular formula is C14H26N4. The minimum atomic E-state index is 0.373. The van der Waals surface area contributed by atoms with Crippen molar-refractivity contribution in [3.8, 4) is 0 Å². The Morgan fingerprint density at radius 2 is 2.33 bits per heavy atom. The van der Waals surface area contributed by atoms with Gasteiger partial charge in [0.2, 0.25) is 0 Å². The van der Waals surface area contributed by atoms with Crippen LogP contribution in [0.1, 0.15) is 51.4 Å². The van der Waals surface area contributed by atoms with E-state index in [2.05, 4.69) is 34.0 Å². The topological polar surface area (TPSA) is 44.0 Å². The molecule has 2 unspecified atom stereocenters. The van der Waals surface area contributed by atoms with Crippen molar-refractivity contribution < 1.29 is 0 Å². The summed E-state index contributed by atoms with van der Waals surface area (Å²) in [5.41, 5.74) is 0. The van der Waals surface area contributed by atoms with Gasteiger partial charge in [0, 0.05) is 18.4 Å². The van der Waals surface area contributed by atoms with E-state index >= 15 is 0 Å². The van der Waals surface area contributed by atoms with Crippen LogP contribution in [-0.2, 0) is 0 Å². The molecule has 2 heterocycles. The third-order valence-electron chi connectivity index (χ3n) is 3.96. The SMILES string of the molecule is CCC(NC1CCCN(CC)CC1)c1ncc[nH]1. The summed E-state index contributed by atoms with van der Waals surface area (Å²) in [6.07, 6.45) is 8.68. The highest BCUT2D eigenvalue weighted by atomic mass is 15.1. The van der Waals surface area contributed by atoms with Crippen molar-refractivity contribution in [2.24, 2.45) is 0 Å². The lowest BCUT2D eigenvalue weighted by Crippen LogP contribution is -2.34. The van der Waals surface area contributed by atoms with Crippen LogP contribution in [-0.4, -0.2) is 40.5 Å². The van der Waals surface area contributed by atoms with Crippen LogP contribution < -0.4 is 5.32 Å². The van der Waals surface area contributed by atoms with Gasteiger partial charge in [0.25, 0.3) is 0 Å². The van der Waals surface area contributed by atoms with Crippen molar-refractivity contribution in [2.75, 3.05) is 19.6 Å². The summed E-state index contributed by atoms with van der Waals surface area (Å²) in [5.74, 6) is 1.08. The monoisotopic (exact) mass is 250 g/mol. The second-order valence-electron chi connectivity index (χ2n) is 5.16. The Balaban J connectivity index is 1.88. The molecule has 0 aliphatic carbocycles. The zero-order valence-electron chi connectivity index (χ0n) is 11.7. The zero-order chi connectivity index (χ0) is 12.8. The quantitative estimate of drug-likeness (QED) is 0.843. The van der Waals surface area contributed by atoms with Gasteiger partial charge in [-0.2, -0.15) is 0 Å². The van der Waals surface area contributed by atoms with Gasteiger partial charge in [-0.25, -0.2) is 4.98 Å². The van der Waals surface area contributed by atoms with Gasteiger partial charge in [-0.05, 0) is 45.3 Å². The van der Waals surface area contributed by atoms with E-state index < -0.39 is 0 Å². The molecule has 4 nitrogen and oxygen atoms in total. The first-order valence-corrected chi connectivity index (χ1v) is 7.31. The number of hydrogen-bond donors (Lipinski definition) is 2. The minimum absolute atomic E-state index is 0.373. The summed E-state index contributed by atoms with van der Waals surface area (Å²) in [5, 5.41) is 3.77. The van der Waals surface area contributed by atoms with Gasteiger partial charge in [-0.3, -0.25) is 0 Å². The molecule has 0 amide bonds. The molecule has 0 bridgehead atoms. The van der Waals surface area contributed by atoms with Crippen molar-refractivity contribution in [2.45, 2.75) is 51.6 Å². The molecule has 102 valence electrons. The summed E-state index contributed by atoms with van der Waals surface area (Å²) in [6.45, 7) is 8.14. The third-order valence-corrected chi connectivity index (χ3v) is 3.96. The first-order chi connectivity index (χ1) is 8.83. The minimum Gasteiger partial charge on any atom is -0.347 e. The van der Waals surface area contributed by atoms with E-state index in [-0.39, 0.29) is 0 Å². The summed E-state index contributed by atoms with van der Waals surface area (Å²) >= 11 is 0. The molecule has 18 heavy (non-hydrogen) atoms. The molecule has 1 fully saturated rings. The summed E-state index contributed by atoms with van der Waals surface area (Å²) in [7, 11) is 0. The number of hydrogen-bond acceptors (Lipinski definition) is 3. The van der Waals surface area contributed by atoms with Crippen LogP contribution in [0.2, 0.25) is 0 Å². The molecule has 1 aliphatic heterocycles. The third kappa shape index (κ3) is 3.56. The average molecular weight is 250 g/mol. The number of rotatable bonds is 5. The van der Waals surface area contributed by atoms with E-state index in [1.165, 1.54) is 38.9 Å². The lowest BCUT2D eigenvalue weighted by Gasteiger charge is -2.23. The Kier molecular flexibility index (Phi) is 5.20. The van der Waals surface area contributed by atoms with E-state index in [9.17, 15) is 0 Å². The first kappa shape index (κ1) is 13.6. The van der Waals surface area contributed by atoms with Crippen molar-refractivity contribution in [3.05, 3.63) is 18.2 Å². The lowest BCUT2D eigenvalue weighted by molar-refractivity contribution is 0.294. The summed E-state index contributed by atoms with van der Waals surface area (Å²) in [6, 6.07) is 1.01.